The predicted octanol–water partition coefficient (Wildman–Crippen LogP) is 3.54. The number of aromatic nitrogens is 3. The summed E-state index contributed by atoms with van der Waals surface area (Å²) in [5.74, 6) is 2.79. The second-order valence-electron chi connectivity index (χ2n) is 8.42. The average molecular weight is 418 g/mol. The molecule has 0 bridgehead atoms. The van der Waals surface area contributed by atoms with Gasteiger partial charge < -0.3 is 19.7 Å². The Morgan fingerprint density at radius 1 is 1.13 bits per heavy atom. The molecular weight excluding hydrogens is 390 g/mol. The van der Waals surface area contributed by atoms with E-state index in [2.05, 4.69) is 64.6 Å². The molecule has 0 radical (unpaired) electrons. The average Bonchev–Trinajstić information content (AvgIpc) is 2.83. The smallest absolute Gasteiger partial charge is 0.233 e. The molecule has 160 valence electrons. The van der Waals surface area contributed by atoms with Crippen molar-refractivity contribution in [3.8, 4) is 34.0 Å². The zero-order valence-electron chi connectivity index (χ0n) is 18.1. The highest BCUT2D eigenvalue weighted by Crippen LogP contribution is 2.39. The molecule has 0 unspecified atom stereocenters. The molecule has 4 heterocycles. The van der Waals surface area contributed by atoms with Gasteiger partial charge in [-0.05, 0) is 40.8 Å². The van der Waals surface area contributed by atoms with Crippen molar-refractivity contribution >= 4 is 5.82 Å². The van der Waals surface area contributed by atoms with Crippen molar-refractivity contribution in [3.05, 3.63) is 48.2 Å². The van der Waals surface area contributed by atoms with Crippen LogP contribution in [0.5, 0.6) is 11.8 Å². The second-order valence-corrected chi connectivity index (χ2v) is 8.42. The zero-order chi connectivity index (χ0) is 21.4. The van der Waals surface area contributed by atoms with E-state index >= 15 is 0 Å². The number of benzene rings is 1. The Balaban J connectivity index is 1.43. The summed E-state index contributed by atoms with van der Waals surface area (Å²) in [5.41, 5.74) is 5.37. The maximum Gasteiger partial charge on any atom is 0.233 e. The molecule has 5 rings (SSSR count). The molecule has 2 aliphatic rings. The maximum atomic E-state index is 6.09. The van der Waals surface area contributed by atoms with Crippen molar-refractivity contribution in [3.63, 3.8) is 0 Å². The molecule has 1 atom stereocenters. The number of hydrogen-bond acceptors (Lipinski definition) is 7. The van der Waals surface area contributed by atoms with E-state index in [9.17, 15) is 0 Å². The summed E-state index contributed by atoms with van der Waals surface area (Å²) in [6, 6.07) is 13.0. The number of hydrogen-bond donors (Lipinski definition) is 1. The Morgan fingerprint density at radius 3 is 2.84 bits per heavy atom. The normalized spacial score (nSPS) is 17.7. The lowest BCUT2D eigenvalue weighted by Gasteiger charge is -2.36. The van der Waals surface area contributed by atoms with Gasteiger partial charge in [-0.25, -0.2) is 0 Å². The van der Waals surface area contributed by atoms with E-state index in [1.54, 1.807) is 13.3 Å². The van der Waals surface area contributed by atoms with Crippen LogP contribution in [0.4, 0.5) is 5.82 Å². The molecule has 0 saturated carbocycles. The third-order valence-corrected chi connectivity index (χ3v) is 6.11. The predicted molar refractivity (Wildman–Crippen MR) is 120 cm³/mol. The van der Waals surface area contributed by atoms with E-state index in [4.69, 9.17) is 14.5 Å². The SMILES string of the molecule is COc1cc(-c2ccc3c(c2)COc2nc(N4CCN[C@@H](C(C)C)C4)ccc2-3)cnn1. The number of fused-ring (bicyclic) bond motifs is 3. The van der Waals surface area contributed by atoms with Crippen LogP contribution >= 0.6 is 0 Å². The number of piperazine rings is 1. The highest BCUT2D eigenvalue weighted by Gasteiger charge is 2.25. The largest absolute Gasteiger partial charge is 0.480 e. The lowest BCUT2D eigenvalue weighted by Crippen LogP contribution is -2.53. The van der Waals surface area contributed by atoms with Crippen molar-refractivity contribution in [2.75, 3.05) is 31.6 Å². The standard InChI is InChI=1S/C24H27N5O2/c1-15(2)21-13-29(9-8-25-21)22-7-6-20-19-5-4-16(10-18(19)14-31-24(20)27-22)17-11-23(30-3)28-26-12-17/h4-7,10-12,15,21,25H,8-9,13-14H2,1-3H3/t21-/m1/s1. The van der Waals surface area contributed by atoms with E-state index < -0.39 is 0 Å². The second kappa shape index (κ2) is 8.15. The number of ether oxygens (including phenoxy) is 2. The van der Waals surface area contributed by atoms with Gasteiger partial charge in [-0.15, -0.1) is 5.10 Å². The maximum absolute atomic E-state index is 6.09. The van der Waals surface area contributed by atoms with Gasteiger partial charge in [0.2, 0.25) is 11.8 Å². The zero-order valence-corrected chi connectivity index (χ0v) is 18.1. The van der Waals surface area contributed by atoms with E-state index in [1.807, 2.05) is 6.07 Å². The molecule has 31 heavy (non-hydrogen) atoms. The molecule has 0 amide bonds. The molecule has 3 aromatic rings. The van der Waals surface area contributed by atoms with E-state index in [1.165, 1.54) is 5.56 Å². The molecular formula is C24H27N5O2. The van der Waals surface area contributed by atoms with E-state index in [0.717, 1.165) is 47.7 Å². The molecule has 1 fully saturated rings. The van der Waals surface area contributed by atoms with Crippen molar-refractivity contribution in [2.45, 2.75) is 26.5 Å². The molecule has 7 nitrogen and oxygen atoms in total. The van der Waals surface area contributed by atoms with Gasteiger partial charge in [0.25, 0.3) is 0 Å². The van der Waals surface area contributed by atoms with Crippen LogP contribution < -0.4 is 19.7 Å². The fraction of sp³-hybridized carbons (Fsp3) is 0.375. The van der Waals surface area contributed by atoms with Gasteiger partial charge in [-0.3, -0.25) is 0 Å². The van der Waals surface area contributed by atoms with Gasteiger partial charge in [0, 0.05) is 42.9 Å². The first kappa shape index (κ1) is 19.8. The fourth-order valence-corrected chi connectivity index (χ4v) is 4.26. The minimum absolute atomic E-state index is 0.480. The van der Waals surface area contributed by atoms with Gasteiger partial charge in [0.15, 0.2) is 0 Å². The van der Waals surface area contributed by atoms with Crippen LogP contribution in [0.15, 0.2) is 42.6 Å². The Morgan fingerprint density at radius 2 is 2.00 bits per heavy atom. The minimum Gasteiger partial charge on any atom is -0.480 e. The van der Waals surface area contributed by atoms with Crippen LogP contribution in [0.2, 0.25) is 0 Å². The first-order valence-corrected chi connectivity index (χ1v) is 10.7. The fourth-order valence-electron chi connectivity index (χ4n) is 4.26. The Labute approximate surface area is 182 Å². The van der Waals surface area contributed by atoms with Crippen molar-refractivity contribution in [1.82, 2.24) is 20.5 Å². The van der Waals surface area contributed by atoms with E-state index in [0.29, 0.717) is 30.3 Å². The summed E-state index contributed by atoms with van der Waals surface area (Å²) in [6.07, 6.45) is 1.74. The summed E-state index contributed by atoms with van der Waals surface area (Å²) in [6.45, 7) is 7.91. The van der Waals surface area contributed by atoms with Crippen LogP contribution in [0.25, 0.3) is 22.3 Å². The Hall–Kier alpha value is -3.19. The summed E-state index contributed by atoms with van der Waals surface area (Å²) in [5, 5.41) is 11.6. The quantitative estimate of drug-likeness (QED) is 0.696. The third-order valence-electron chi connectivity index (χ3n) is 6.11. The topological polar surface area (TPSA) is 72.4 Å². The van der Waals surface area contributed by atoms with E-state index in [-0.39, 0.29) is 0 Å². The van der Waals surface area contributed by atoms with Gasteiger partial charge >= 0.3 is 0 Å². The van der Waals surface area contributed by atoms with Crippen molar-refractivity contribution in [2.24, 2.45) is 5.92 Å². The molecule has 1 aromatic carbocycles. The van der Waals surface area contributed by atoms with Crippen LogP contribution in [0.1, 0.15) is 19.4 Å². The summed E-state index contributed by atoms with van der Waals surface area (Å²) < 4.78 is 11.3. The van der Waals surface area contributed by atoms with Gasteiger partial charge in [0.05, 0.1) is 13.3 Å². The number of nitrogens with one attached hydrogen (secondary N) is 1. The first-order chi connectivity index (χ1) is 15.1. The number of anilines is 1. The number of pyridine rings is 1. The molecule has 2 aromatic heterocycles. The number of nitrogens with zero attached hydrogens (tertiary/aromatic N) is 4. The van der Waals surface area contributed by atoms with Crippen molar-refractivity contribution in [1.29, 1.82) is 0 Å². The molecule has 2 aliphatic heterocycles. The lowest BCUT2D eigenvalue weighted by atomic mass is 9.95. The molecule has 1 N–H and O–H groups in total. The number of methoxy groups -OCH3 is 1. The lowest BCUT2D eigenvalue weighted by molar-refractivity contribution is 0.289. The van der Waals surface area contributed by atoms with Gasteiger partial charge in [-0.1, -0.05) is 26.0 Å². The van der Waals surface area contributed by atoms with Gasteiger partial charge in [-0.2, -0.15) is 10.1 Å². The summed E-state index contributed by atoms with van der Waals surface area (Å²) >= 11 is 0. The molecule has 0 spiro atoms. The van der Waals surface area contributed by atoms with Crippen LogP contribution in [-0.2, 0) is 6.61 Å². The van der Waals surface area contributed by atoms with Crippen LogP contribution in [0, 0.1) is 5.92 Å². The summed E-state index contributed by atoms with van der Waals surface area (Å²) in [7, 11) is 1.59. The van der Waals surface area contributed by atoms with Crippen LogP contribution in [0.3, 0.4) is 0 Å². The third kappa shape index (κ3) is 3.81. The first-order valence-electron chi connectivity index (χ1n) is 10.7. The molecule has 1 saturated heterocycles. The minimum atomic E-state index is 0.480. The molecule has 7 heteroatoms. The summed E-state index contributed by atoms with van der Waals surface area (Å²) in [4.78, 5) is 7.23. The van der Waals surface area contributed by atoms with Gasteiger partial charge in [0.1, 0.15) is 12.4 Å². The monoisotopic (exact) mass is 417 g/mol. The van der Waals surface area contributed by atoms with Crippen molar-refractivity contribution < 1.29 is 9.47 Å². The highest BCUT2D eigenvalue weighted by molar-refractivity contribution is 5.78. The molecule has 0 aliphatic carbocycles. The Kier molecular flexibility index (Phi) is 5.19. The number of rotatable bonds is 4. The highest BCUT2D eigenvalue weighted by atomic mass is 16.5. The Bertz CT molecular complexity index is 1100. The van der Waals surface area contributed by atoms with Crippen LogP contribution in [-0.4, -0.2) is 48.0 Å².